The first-order valence-electron chi connectivity index (χ1n) is 8.22. The van der Waals surface area contributed by atoms with Gasteiger partial charge in [0.1, 0.15) is 6.04 Å². The molecule has 0 bridgehead atoms. The Hall–Kier alpha value is -1.28. The third kappa shape index (κ3) is 6.68. The number of hydrogen-bond acceptors (Lipinski definition) is 8. The van der Waals surface area contributed by atoms with Gasteiger partial charge in [-0.3, -0.25) is 9.59 Å². The highest BCUT2D eigenvalue weighted by Crippen LogP contribution is 2.30. The molecule has 0 amide bonds. The number of carbonyl (C=O) groups excluding carboxylic acids is 3. The van der Waals surface area contributed by atoms with Gasteiger partial charge in [0.2, 0.25) is 6.79 Å². The van der Waals surface area contributed by atoms with E-state index in [1.54, 1.807) is 20.8 Å². The van der Waals surface area contributed by atoms with E-state index >= 15 is 0 Å². The summed E-state index contributed by atoms with van der Waals surface area (Å²) in [6.07, 6.45) is 4.84. The molecule has 0 aliphatic heterocycles. The van der Waals surface area contributed by atoms with Crippen molar-refractivity contribution in [3.05, 3.63) is 0 Å². The van der Waals surface area contributed by atoms with Gasteiger partial charge >= 0.3 is 17.2 Å². The van der Waals surface area contributed by atoms with E-state index in [4.69, 9.17) is 19.9 Å². The second-order valence-corrected chi connectivity index (χ2v) is 7.84. The van der Waals surface area contributed by atoms with Gasteiger partial charge in [-0.2, -0.15) is 0 Å². The molecule has 1 rings (SSSR count). The van der Waals surface area contributed by atoms with Crippen molar-refractivity contribution in [1.82, 2.24) is 0 Å². The van der Waals surface area contributed by atoms with Crippen molar-refractivity contribution in [3.8, 4) is 0 Å². The summed E-state index contributed by atoms with van der Waals surface area (Å²) in [5, 5.41) is -0.656. The predicted molar refractivity (Wildman–Crippen MR) is 90.3 cm³/mol. The van der Waals surface area contributed by atoms with Crippen LogP contribution in [0.2, 0.25) is 0 Å². The molecule has 8 heteroatoms. The van der Waals surface area contributed by atoms with Gasteiger partial charge in [0, 0.05) is 4.75 Å². The average Bonchev–Trinajstić information content (AvgIpc) is 2.54. The van der Waals surface area contributed by atoms with Crippen LogP contribution in [0.15, 0.2) is 0 Å². The molecular formula is C16H27NO6S. The smallest absolute Gasteiger partial charge is 0.370 e. The molecule has 0 aromatic carbocycles. The topological polar surface area (TPSA) is 105 Å². The molecule has 7 nitrogen and oxygen atoms in total. The standard InChI is InChI=1S/C16H27NO6S/c1-4-21-14(19)12(17)16(2,3)24-15(20)23-10-22-13(18)11-8-6-5-7-9-11/h11-12H,4-10,17H2,1-3H3/t12-/m0/s1. The third-order valence-corrected chi connectivity index (χ3v) is 5.02. The molecule has 2 N–H and O–H groups in total. The lowest BCUT2D eigenvalue weighted by Gasteiger charge is -2.27. The lowest BCUT2D eigenvalue weighted by molar-refractivity contribution is -0.157. The number of esters is 2. The van der Waals surface area contributed by atoms with Crippen molar-refractivity contribution < 1.29 is 28.6 Å². The zero-order valence-corrected chi connectivity index (χ0v) is 15.4. The van der Waals surface area contributed by atoms with Gasteiger partial charge in [-0.15, -0.1) is 0 Å². The highest BCUT2D eigenvalue weighted by Gasteiger charge is 2.37. The van der Waals surface area contributed by atoms with Crippen LogP contribution < -0.4 is 5.73 Å². The van der Waals surface area contributed by atoms with Crippen LogP contribution in [0.3, 0.4) is 0 Å². The average molecular weight is 361 g/mol. The van der Waals surface area contributed by atoms with Crippen LogP contribution in [0, 0.1) is 5.92 Å². The molecule has 0 heterocycles. The molecule has 0 aromatic rings. The van der Waals surface area contributed by atoms with Crippen LogP contribution >= 0.6 is 11.8 Å². The van der Waals surface area contributed by atoms with E-state index in [2.05, 4.69) is 0 Å². The Kier molecular flexibility index (Phi) is 8.55. The molecular weight excluding hydrogens is 334 g/mol. The molecule has 1 aliphatic carbocycles. The zero-order valence-electron chi connectivity index (χ0n) is 14.5. The van der Waals surface area contributed by atoms with E-state index in [9.17, 15) is 14.4 Å². The summed E-state index contributed by atoms with van der Waals surface area (Å²) < 4.78 is 13.8. The van der Waals surface area contributed by atoms with Gasteiger partial charge in [-0.05, 0) is 45.4 Å². The Morgan fingerprint density at radius 1 is 1.12 bits per heavy atom. The largest absolute Gasteiger partial charge is 0.465 e. The highest BCUT2D eigenvalue weighted by atomic mass is 32.2. The lowest BCUT2D eigenvalue weighted by atomic mass is 9.89. The Bertz CT molecular complexity index is 448. The fourth-order valence-corrected chi connectivity index (χ4v) is 3.18. The van der Waals surface area contributed by atoms with Crippen molar-refractivity contribution in [3.63, 3.8) is 0 Å². The van der Waals surface area contributed by atoms with Crippen LogP contribution in [-0.2, 0) is 23.8 Å². The number of ether oxygens (including phenoxy) is 3. The Balaban J connectivity index is 2.34. The molecule has 1 aliphatic rings. The molecule has 0 unspecified atom stereocenters. The fourth-order valence-electron chi connectivity index (χ4n) is 2.42. The first-order chi connectivity index (χ1) is 11.3. The summed E-state index contributed by atoms with van der Waals surface area (Å²) in [5.41, 5.74) is 5.82. The molecule has 1 saturated carbocycles. The number of thioether (sulfide) groups is 1. The minimum absolute atomic E-state index is 0.0983. The minimum Gasteiger partial charge on any atom is -0.465 e. The van der Waals surface area contributed by atoms with Crippen molar-refractivity contribution in [2.24, 2.45) is 11.7 Å². The number of rotatable bonds is 7. The quantitative estimate of drug-likeness (QED) is 0.545. The van der Waals surface area contributed by atoms with Gasteiger partial charge in [0.15, 0.2) is 0 Å². The Morgan fingerprint density at radius 3 is 2.33 bits per heavy atom. The Labute approximate surface area is 146 Å². The first kappa shape index (κ1) is 20.8. The van der Waals surface area contributed by atoms with E-state index in [1.165, 1.54) is 0 Å². The summed E-state index contributed by atoms with van der Waals surface area (Å²) in [6.45, 7) is 4.77. The van der Waals surface area contributed by atoms with Gasteiger partial charge < -0.3 is 19.9 Å². The van der Waals surface area contributed by atoms with E-state index in [0.717, 1.165) is 43.9 Å². The van der Waals surface area contributed by atoms with E-state index in [-0.39, 0.29) is 18.5 Å². The monoisotopic (exact) mass is 361 g/mol. The maximum Gasteiger partial charge on any atom is 0.370 e. The van der Waals surface area contributed by atoms with E-state index < -0.39 is 28.9 Å². The summed E-state index contributed by atoms with van der Waals surface area (Å²) in [5.74, 6) is -1.000. The Morgan fingerprint density at radius 2 is 1.75 bits per heavy atom. The number of hydrogen-bond donors (Lipinski definition) is 1. The SMILES string of the molecule is CCOC(=O)[C@H](N)C(C)(C)SC(=O)OCOC(=O)C1CCCCC1. The van der Waals surface area contributed by atoms with Crippen LogP contribution in [0.25, 0.3) is 0 Å². The molecule has 138 valence electrons. The van der Waals surface area contributed by atoms with Crippen LogP contribution in [0.4, 0.5) is 4.79 Å². The first-order valence-corrected chi connectivity index (χ1v) is 9.04. The minimum atomic E-state index is -0.972. The molecule has 0 radical (unpaired) electrons. The molecule has 0 aromatic heterocycles. The third-order valence-electron chi connectivity index (χ3n) is 3.95. The molecule has 1 fully saturated rings. The van der Waals surface area contributed by atoms with Crippen LogP contribution in [0.1, 0.15) is 52.9 Å². The normalized spacial score (nSPS) is 17.0. The van der Waals surface area contributed by atoms with Gasteiger partial charge in [0.25, 0.3) is 0 Å². The zero-order chi connectivity index (χ0) is 18.2. The van der Waals surface area contributed by atoms with Crippen molar-refractivity contribution in [2.75, 3.05) is 13.4 Å². The fraction of sp³-hybridized carbons (Fsp3) is 0.812. The van der Waals surface area contributed by atoms with Gasteiger partial charge in [0.05, 0.1) is 12.5 Å². The van der Waals surface area contributed by atoms with Gasteiger partial charge in [-0.25, -0.2) is 4.79 Å². The van der Waals surface area contributed by atoms with Crippen molar-refractivity contribution in [1.29, 1.82) is 0 Å². The second kappa shape index (κ2) is 9.88. The molecule has 0 saturated heterocycles. The molecule has 1 atom stereocenters. The summed E-state index contributed by atoms with van der Waals surface area (Å²) >= 11 is 0.773. The summed E-state index contributed by atoms with van der Waals surface area (Å²) in [4.78, 5) is 35.3. The molecule has 0 spiro atoms. The summed E-state index contributed by atoms with van der Waals surface area (Å²) in [6, 6.07) is -0.972. The van der Waals surface area contributed by atoms with Crippen LogP contribution in [-0.4, -0.2) is 41.4 Å². The maximum atomic E-state index is 11.8. The second-order valence-electron chi connectivity index (χ2n) is 6.25. The van der Waals surface area contributed by atoms with E-state index in [0.29, 0.717) is 0 Å². The van der Waals surface area contributed by atoms with Crippen molar-refractivity contribution >= 4 is 29.0 Å². The van der Waals surface area contributed by atoms with Crippen LogP contribution in [0.5, 0.6) is 0 Å². The molecule has 24 heavy (non-hydrogen) atoms. The van der Waals surface area contributed by atoms with Gasteiger partial charge in [-0.1, -0.05) is 19.3 Å². The highest BCUT2D eigenvalue weighted by molar-refractivity contribution is 8.14. The maximum absolute atomic E-state index is 11.8. The van der Waals surface area contributed by atoms with Crippen molar-refractivity contribution in [2.45, 2.75) is 63.7 Å². The van der Waals surface area contributed by atoms with E-state index in [1.807, 2.05) is 0 Å². The number of nitrogens with two attached hydrogens (primary N) is 1. The predicted octanol–water partition coefficient (Wildman–Crippen LogP) is 2.61. The number of carbonyl (C=O) groups is 3. The lowest BCUT2D eigenvalue weighted by Crippen LogP contribution is -2.48. The summed E-state index contributed by atoms with van der Waals surface area (Å²) in [7, 11) is 0.